The Labute approximate surface area is 121 Å². The fourth-order valence-corrected chi connectivity index (χ4v) is 3.98. The molecule has 1 heterocycles. The lowest BCUT2D eigenvalue weighted by molar-refractivity contribution is 0.150. The molecule has 1 aromatic rings. The number of para-hydroxylation sites is 1. The minimum atomic E-state index is 0.327. The van der Waals surface area contributed by atoms with Crippen LogP contribution in [-0.2, 0) is 0 Å². The maximum absolute atomic E-state index is 5.92. The van der Waals surface area contributed by atoms with Crippen molar-refractivity contribution < 1.29 is 4.74 Å². The van der Waals surface area contributed by atoms with Crippen molar-refractivity contribution in [3.63, 3.8) is 0 Å². The van der Waals surface area contributed by atoms with Gasteiger partial charge in [0.05, 0.1) is 6.61 Å². The quantitative estimate of drug-likeness (QED) is 0.658. The Bertz CT molecular complexity index is 462. The van der Waals surface area contributed by atoms with Crippen LogP contribution in [0.25, 0.3) is 0 Å². The van der Waals surface area contributed by atoms with Gasteiger partial charge < -0.3 is 4.74 Å². The van der Waals surface area contributed by atoms with Crippen LogP contribution >= 0.6 is 0 Å². The van der Waals surface area contributed by atoms with E-state index in [-0.39, 0.29) is 0 Å². The third kappa shape index (κ3) is 2.45. The van der Waals surface area contributed by atoms with Crippen LogP contribution in [0.4, 0.5) is 0 Å². The van der Waals surface area contributed by atoms with Crippen LogP contribution in [0.1, 0.15) is 44.6 Å². The number of fused-ring (bicyclic) bond motifs is 1. The van der Waals surface area contributed by atoms with Crippen molar-refractivity contribution in [1.29, 1.82) is 0 Å². The molecule has 1 aliphatic heterocycles. The predicted octanol–water partition coefficient (Wildman–Crippen LogP) is 3.07. The molecule has 1 fully saturated rings. The van der Waals surface area contributed by atoms with Crippen LogP contribution in [0.5, 0.6) is 5.75 Å². The summed E-state index contributed by atoms with van der Waals surface area (Å²) >= 11 is 0. The highest BCUT2D eigenvalue weighted by Gasteiger charge is 2.38. The van der Waals surface area contributed by atoms with Crippen molar-refractivity contribution in [2.75, 3.05) is 6.61 Å². The van der Waals surface area contributed by atoms with E-state index >= 15 is 0 Å². The Balaban J connectivity index is 1.78. The van der Waals surface area contributed by atoms with Crippen molar-refractivity contribution in [3.8, 4) is 5.75 Å². The van der Waals surface area contributed by atoms with Gasteiger partial charge in [0.15, 0.2) is 0 Å². The molecule has 3 heteroatoms. The molecular formula is C17H26N2O. The van der Waals surface area contributed by atoms with E-state index in [1.165, 1.54) is 24.8 Å². The second-order valence-electron chi connectivity index (χ2n) is 6.68. The van der Waals surface area contributed by atoms with E-state index < -0.39 is 0 Å². The molecule has 0 bridgehead atoms. The second-order valence-corrected chi connectivity index (χ2v) is 6.68. The van der Waals surface area contributed by atoms with Crippen LogP contribution < -0.4 is 16.0 Å². The topological polar surface area (TPSA) is 47.3 Å². The average molecular weight is 274 g/mol. The zero-order valence-corrected chi connectivity index (χ0v) is 12.5. The third-order valence-corrected chi connectivity index (χ3v) is 5.51. The minimum Gasteiger partial charge on any atom is -0.493 e. The van der Waals surface area contributed by atoms with Gasteiger partial charge in [-0.25, -0.2) is 0 Å². The summed E-state index contributed by atoms with van der Waals surface area (Å²) in [6, 6.07) is 8.71. The summed E-state index contributed by atoms with van der Waals surface area (Å²) in [6.45, 7) is 5.51. The maximum Gasteiger partial charge on any atom is 0.122 e. The van der Waals surface area contributed by atoms with Crippen LogP contribution in [0.3, 0.4) is 0 Å². The van der Waals surface area contributed by atoms with Crippen LogP contribution in [0.15, 0.2) is 24.3 Å². The van der Waals surface area contributed by atoms with E-state index in [2.05, 4.69) is 37.5 Å². The van der Waals surface area contributed by atoms with Crippen LogP contribution in [0.2, 0.25) is 0 Å². The molecule has 0 spiro atoms. The number of hydrazine groups is 1. The number of hydrogen-bond acceptors (Lipinski definition) is 3. The lowest BCUT2D eigenvalue weighted by Gasteiger charge is -2.38. The molecule has 5 unspecified atom stereocenters. The Hall–Kier alpha value is -1.06. The first-order valence-corrected chi connectivity index (χ1v) is 7.88. The minimum absolute atomic E-state index is 0.327. The van der Waals surface area contributed by atoms with Gasteiger partial charge in [0.2, 0.25) is 0 Å². The van der Waals surface area contributed by atoms with Gasteiger partial charge in [-0.15, -0.1) is 0 Å². The third-order valence-electron chi connectivity index (χ3n) is 5.51. The number of hydrogen-bond donors (Lipinski definition) is 2. The lowest BCUT2D eigenvalue weighted by Crippen LogP contribution is -2.47. The largest absolute Gasteiger partial charge is 0.493 e. The van der Waals surface area contributed by atoms with Crippen molar-refractivity contribution in [2.24, 2.45) is 23.6 Å². The number of rotatable bonds is 3. The molecule has 0 radical (unpaired) electrons. The van der Waals surface area contributed by atoms with E-state index in [1.54, 1.807) is 0 Å². The van der Waals surface area contributed by atoms with Gasteiger partial charge in [0.25, 0.3) is 0 Å². The van der Waals surface area contributed by atoms with Gasteiger partial charge in [0, 0.05) is 17.5 Å². The molecule has 110 valence electrons. The van der Waals surface area contributed by atoms with Gasteiger partial charge in [-0.1, -0.05) is 38.5 Å². The van der Waals surface area contributed by atoms with E-state index in [0.29, 0.717) is 17.9 Å². The fourth-order valence-electron chi connectivity index (χ4n) is 3.98. The zero-order chi connectivity index (χ0) is 14.1. The van der Waals surface area contributed by atoms with Gasteiger partial charge in [-0.2, -0.15) is 0 Å². The first-order valence-electron chi connectivity index (χ1n) is 7.88. The molecule has 3 N–H and O–H groups in total. The van der Waals surface area contributed by atoms with E-state index in [1.807, 2.05) is 6.07 Å². The predicted molar refractivity (Wildman–Crippen MR) is 81.5 cm³/mol. The smallest absolute Gasteiger partial charge is 0.122 e. The number of ether oxygens (including phenoxy) is 1. The maximum atomic E-state index is 5.92. The molecule has 2 aliphatic rings. The molecule has 3 rings (SSSR count). The summed E-state index contributed by atoms with van der Waals surface area (Å²) in [5.74, 6) is 9.64. The van der Waals surface area contributed by atoms with Gasteiger partial charge >= 0.3 is 0 Å². The van der Waals surface area contributed by atoms with Crippen molar-refractivity contribution in [3.05, 3.63) is 29.8 Å². The second kappa shape index (κ2) is 5.74. The molecule has 0 aromatic heterocycles. The van der Waals surface area contributed by atoms with E-state index in [0.717, 1.165) is 24.2 Å². The molecule has 1 saturated carbocycles. The molecule has 0 saturated heterocycles. The molecule has 3 nitrogen and oxygen atoms in total. The van der Waals surface area contributed by atoms with Gasteiger partial charge in [-0.3, -0.25) is 11.3 Å². The summed E-state index contributed by atoms with van der Waals surface area (Å²) < 4.78 is 5.84. The van der Waals surface area contributed by atoms with Gasteiger partial charge in [0.1, 0.15) is 5.75 Å². The molecule has 5 atom stereocenters. The first kappa shape index (κ1) is 13.9. The standard InChI is InChI=1S/C17H26N2O/c1-11-7-8-13(9-12(11)2)17(19-18)15-10-20-16-6-4-3-5-14(15)16/h3-6,11-13,15,17,19H,7-10,18H2,1-2H3. The van der Waals surface area contributed by atoms with Crippen LogP contribution in [0, 0.1) is 17.8 Å². The Kier molecular flexibility index (Phi) is 3.99. The zero-order valence-electron chi connectivity index (χ0n) is 12.5. The molecule has 1 aliphatic carbocycles. The molecule has 1 aromatic carbocycles. The Morgan fingerprint density at radius 2 is 2.00 bits per heavy atom. The number of benzene rings is 1. The van der Waals surface area contributed by atoms with Crippen molar-refractivity contribution in [2.45, 2.75) is 45.1 Å². The van der Waals surface area contributed by atoms with Crippen LogP contribution in [-0.4, -0.2) is 12.6 Å². The molecular weight excluding hydrogens is 248 g/mol. The summed E-state index contributed by atoms with van der Waals surface area (Å²) in [5.41, 5.74) is 4.43. The van der Waals surface area contributed by atoms with E-state index in [9.17, 15) is 0 Å². The van der Waals surface area contributed by atoms with E-state index in [4.69, 9.17) is 10.6 Å². The SMILES string of the molecule is CC1CCC(C(NN)C2COc3ccccc32)CC1C. The van der Waals surface area contributed by atoms with Gasteiger partial charge in [-0.05, 0) is 36.7 Å². The highest BCUT2D eigenvalue weighted by atomic mass is 16.5. The average Bonchev–Trinajstić information content (AvgIpc) is 2.88. The first-order chi connectivity index (χ1) is 9.70. The lowest BCUT2D eigenvalue weighted by atomic mass is 9.70. The summed E-state index contributed by atoms with van der Waals surface area (Å²) in [6.07, 6.45) is 3.87. The molecule has 20 heavy (non-hydrogen) atoms. The molecule has 0 amide bonds. The number of nitrogens with two attached hydrogens (primary N) is 1. The number of nitrogens with one attached hydrogen (secondary N) is 1. The Morgan fingerprint density at radius 1 is 1.20 bits per heavy atom. The monoisotopic (exact) mass is 274 g/mol. The normalized spacial score (nSPS) is 34.4. The highest BCUT2D eigenvalue weighted by molar-refractivity contribution is 5.40. The summed E-state index contributed by atoms with van der Waals surface area (Å²) in [4.78, 5) is 0. The summed E-state index contributed by atoms with van der Waals surface area (Å²) in [7, 11) is 0. The fraction of sp³-hybridized carbons (Fsp3) is 0.647. The summed E-state index contributed by atoms with van der Waals surface area (Å²) in [5, 5.41) is 0. The van der Waals surface area contributed by atoms with Crippen molar-refractivity contribution >= 4 is 0 Å². The highest BCUT2D eigenvalue weighted by Crippen LogP contribution is 2.42. The Morgan fingerprint density at radius 3 is 2.75 bits per heavy atom. The van der Waals surface area contributed by atoms with Crippen molar-refractivity contribution in [1.82, 2.24) is 5.43 Å².